The Labute approximate surface area is 113 Å². The summed E-state index contributed by atoms with van der Waals surface area (Å²) < 4.78 is 5.12. The number of hydrogen-bond donors (Lipinski definition) is 1. The van der Waals surface area contributed by atoms with Gasteiger partial charge in [-0.05, 0) is 23.6 Å². The molecule has 100 valence electrons. The van der Waals surface area contributed by atoms with Gasteiger partial charge < -0.3 is 10.1 Å². The minimum absolute atomic E-state index is 0.0115. The number of nitrogens with one attached hydrogen (secondary N) is 1. The van der Waals surface area contributed by atoms with E-state index in [1.165, 1.54) is 0 Å². The second-order valence-corrected chi connectivity index (χ2v) is 4.91. The topological polar surface area (TPSA) is 38.3 Å². The Bertz CT molecular complexity index is 393. The van der Waals surface area contributed by atoms with Crippen LogP contribution in [0.1, 0.15) is 19.4 Å². The van der Waals surface area contributed by atoms with E-state index in [1.807, 2.05) is 38.1 Å². The van der Waals surface area contributed by atoms with E-state index < -0.39 is 0 Å². The van der Waals surface area contributed by atoms with Crippen molar-refractivity contribution >= 4 is 17.5 Å². The molecule has 1 unspecified atom stereocenters. The lowest BCUT2D eigenvalue weighted by Crippen LogP contribution is -2.40. The molecule has 0 heterocycles. The Morgan fingerprint density at radius 3 is 2.72 bits per heavy atom. The van der Waals surface area contributed by atoms with Gasteiger partial charge in [-0.15, -0.1) is 11.6 Å². The smallest absolute Gasteiger partial charge is 0.224 e. The molecule has 1 rings (SSSR count). The monoisotopic (exact) mass is 269 g/mol. The third kappa shape index (κ3) is 4.57. The molecule has 0 aromatic heterocycles. The fourth-order valence-corrected chi connectivity index (χ4v) is 2.04. The van der Waals surface area contributed by atoms with Crippen LogP contribution in [0.4, 0.5) is 0 Å². The van der Waals surface area contributed by atoms with Crippen molar-refractivity contribution in [3.05, 3.63) is 29.8 Å². The number of hydrogen-bond acceptors (Lipinski definition) is 2. The Kier molecular flexibility index (Phi) is 5.99. The fourth-order valence-electron chi connectivity index (χ4n) is 1.61. The van der Waals surface area contributed by atoms with Crippen LogP contribution >= 0.6 is 11.6 Å². The van der Waals surface area contributed by atoms with Crippen molar-refractivity contribution in [3.63, 3.8) is 0 Å². The summed E-state index contributed by atoms with van der Waals surface area (Å²) in [6, 6.07) is 7.53. The molecule has 0 fully saturated rings. The van der Waals surface area contributed by atoms with Crippen molar-refractivity contribution in [1.82, 2.24) is 5.32 Å². The highest BCUT2D eigenvalue weighted by Gasteiger charge is 2.15. The second-order valence-electron chi connectivity index (χ2n) is 4.60. The average molecular weight is 270 g/mol. The van der Waals surface area contributed by atoms with Gasteiger partial charge in [-0.1, -0.05) is 26.0 Å². The van der Waals surface area contributed by atoms with Crippen LogP contribution in [0.3, 0.4) is 0 Å². The summed E-state index contributed by atoms with van der Waals surface area (Å²) in [5.74, 6) is 1.51. The van der Waals surface area contributed by atoms with Crippen molar-refractivity contribution in [3.8, 4) is 5.75 Å². The third-order valence-electron chi connectivity index (χ3n) is 2.82. The van der Waals surface area contributed by atoms with E-state index in [0.717, 1.165) is 11.3 Å². The summed E-state index contributed by atoms with van der Waals surface area (Å²) in [7, 11) is 1.61. The SMILES string of the molecule is COc1cccc(CC(=O)NC(CCl)C(C)C)c1. The van der Waals surface area contributed by atoms with Crippen molar-refractivity contribution in [2.24, 2.45) is 5.92 Å². The molecule has 0 aliphatic heterocycles. The number of halogens is 1. The zero-order valence-electron chi connectivity index (χ0n) is 11.1. The lowest BCUT2D eigenvalue weighted by Gasteiger charge is -2.19. The molecule has 0 radical (unpaired) electrons. The highest BCUT2D eigenvalue weighted by Crippen LogP contribution is 2.13. The Morgan fingerprint density at radius 2 is 2.17 bits per heavy atom. The maximum absolute atomic E-state index is 11.9. The normalized spacial score (nSPS) is 12.3. The van der Waals surface area contributed by atoms with Gasteiger partial charge in [0, 0.05) is 11.9 Å². The fraction of sp³-hybridized carbons (Fsp3) is 0.500. The first-order valence-corrected chi connectivity index (χ1v) is 6.58. The van der Waals surface area contributed by atoms with Crippen molar-refractivity contribution in [1.29, 1.82) is 0 Å². The van der Waals surface area contributed by atoms with Crippen LogP contribution in [0.25, 0.3) is 0 Å². The summed E-state index contributed by atoms with van der Waals surface area (Å²) in [6.45, 7) is 4.08. The average Bonchev–Trinajstić information content (AvgIpc) is 2.35. The molecular formula is C14H20ClNO2. The van der Waals surface area contributed by atoms with Crippen LogP contribution in [0.5, 0.6) is 5.75 Å². The first-order chi connectivity index (χ1) is 8.56. The number of carbonyl (C=O) groups is 1. The summed E-state index contributed by atoms with van der Waals surface area (Å²) in [5, 5.41) is 2.94. The molecule has 0 saturated carbocycles. The maximum atomic E-state index is 11.9. The molecule has 0 aliphatic carbocycles. The number of amides is 1. The Balaban J connectivity index is 2.58. The van der Waals surface area contributed by atoms with Gasteiger partial charge in [0.2, 0.25) is 5.91 Å². The minimum atomic E-state index is -0.0115. The standard InChI is InChI=1S/C14H20ClNO2/c1-10(2)13(9-15)16-14(17)8-11-5-4-6-12(7-11)18-3/h4-7,10,13H,8-9H2,1-3H3,(H,16,17). The molecule has 0 spiro atoms. The summed E-state index contributed by atoms with van der Waals surface area (Å²) >= 11 is 5.82. The molecule has 0 aliphatic rings. The molecule has 0 bridgehead atoms. The minimum Gasteiger partial charge on any atom is -0.497 e. The highest BCUT2D eigenvalue weighted by molar-refractivity contribution is 6.18. The van der Waals surface area contributed by atoms with Crippen molar-refractivity contribution < 1.29 is 9.53 Å². The van der Waals surface area contributed by atoms with Gasteiger partial charge in [-0.3, -0.25) is 4.79 Å². The van der Waals surface area contributed by atoms with Gasteiger partial charge >= 0.3 is 0 Å². The summed E-state index contributed by atoms with van der Waals surface area (Å²) in [5.41, 5.74) is 0.934. The molecule has 1 aromatic carbocycles. The Morgan fingerprint density at radius 1 is 1.44 bits per heavy atom. The summed E-state index contributed by atoms with van der Waals surface area (Å²) in [6.07, 6.45) is 0.345. The second kappa shape index (κ2) is 7.27. The molecule has 0 saturated heterocycles. The van der Waals surface area contributed by atoms with Crippen LogP contribution in [0, 0.1) is 5.92 Å². The van der Waals surface area contributed by atoms with E-state index in [4.69, 9.17) is 16.3 Å². The van der Waals surface area contributed by atoms with Crippen LogP contribution in [0.15, 0.2) is 24.3 Å². The van der Waals surface area contributed by atoms with Crippen LogP contribution in [-0.2, 0) is 11.2 Å². The summed E-state index contributed by atoms with van der Waals surface area (Å²) in [4.78, 5) is 11.9. The molecule has 3 nitrogen and oxygen atoms in total. The number of alkyl halides is 1. The number of benzene rings is 1. The van der Waals surface area contributed by atoms with E-state index in [9.17, 15) is 4.79 Å². The van der Waals surface area contributed by atoms with Crippen molar-refractivity contribution in [2.45, 2.75) is 26.3 Å². The van der Waals surface area contributed by atoms with E-state index >= 15 is 0 Å². The van der Waals surface area contributed by atoms with Crippen LogP contribution in [-0.4, -0.2) is 24.9 Å². The van der Waals surface area contributed by atoms with Crippen molar-refractivity contribution in [2.75, 3.05) is 13.0 Å². The number of rotatable bonds is 6. The predicted octanol–water partition coefficient (Wildman–Crippen LogP) is 2.62. The van der Waals surface area contributed by atoms with Crippen LogP contribution in [0.2, 0.25) is 0 Å². The van der Waals surface area contributed by atoms with E-state index in [0.29, 0.717) is 18.2 Å². The molecular weight excluding hydrogens is 250 g/mol. The van der Waals surface area contributed by atoms with Gasteiger partial charge in [-0.25, -0.2) is 0 Å². The lowest BCUT2D eigenvalue weighted by atomic mass is 10.1. The number of methoxy groups -OCH3 is 1. The van der Waals surface area contributed by atoms with Gasteiger partial charge in [0.1, 0.15) is 5.75 Å². The lowest BCUT2D eigenvalue weighted by molar-refractivity contribution is -0.121. The highest BCUT2D eigenvalue weighted by atomic mass is 35.5. The maximum Gasteiger partial charge on any atom is 0.224 e. The van der Waals surface area contributed by atoms with Gasteiger partial charge in [0.05, 0.1) is 13.5 Å². The number of ether oxygens (including phenoxy) is 1. The van der Waals surface area contributed by atoms with Gasteiger partial charge in [0.15, 0.2) is 0 Å². The predicted molar refractivity (Wildman–Crippen MR) is 74.2 cm³/mol. The zero-order chi connectivity index (χ0) is 13.5. The third-order valence-corrected chi connectivity index (χ3v) is 3.15. The first-order valence-electron chi connectivity index (χ1n) is 6.05. The molecule has 1 aromatic rings. The number of carbonyl (C=O) groups excluding carboxylic acids is 1. The van der Waals surface area contributed by atoms with E-state index in [1.54, 1.807) is 7.11 Å². The first kappa shape index (κ1) is 14.8. The van der Waals surface area contributed by atoms with Crippen LogP contribution < -0.4 is 10.1 Å². The van der Waals surface area contributed by atoms with E-state index in [2.05, 4.69) is 5.32 Å². The quantitative estimate of drug-likeness (QED) is 0.807. The molecule has 18 heavy (non-hydrogen) atoms. The van der Waals surface area contributed by atoms with Gasteiger partial charge in [-0.2, -0.15) is 0 Å². The Hall–Kier alpha value is -1.22. The molecule has 1 amide bonds. The van der Waals surface area contributed by atoms with E-state index in [-0.39, 0.29) is 11.9 Å². The van der Waals surface area contributed by atoms with Gasteiger partial charge in [0.25, 0.3) is 0 Å². The molecule has 4 heteroatoms. The molecule has 1 atom stereocenters. The largest absolute Gasteiger partial charge is 0.497 e. The molecule has 1 N–H and O–H groups in total. The zero-order valence-corrected chi connectivity index (χ0v) is 11.8.